The van der Waals surface area contributed by atoms with Gasteiger partial charge in [-0.1, -0.05) is 47.6 Å². The van der Waals surface area contributed by atoms with Crippen molar-refractivity contribution in [2.24, 2.45) is 0 Å². The molecule has 7 heteroatoms. The van der Waals surface area contributed by atoms with E-state index in [0.717, 1.165) is 27.1 Å². The molecular formula is C23H17N3O3S. The van der Waals surface area contributed by atoms with Gasteiger partial charge in [0, 0.05) is 16.3 Å². The Morgan fingerprint density at radius 2 is 1.80 bits per heavy atom. The number of nitrogens with zero attached hydrogens (tertiary/aromatic N) is 3. The molecule has 0 saturated carbocycles. The fourth-order valence-electron chi connectivity index (χ4n) is 3.37. The Morgan fingerprint density at radius 1 is 0.967 bits per heavy atom. The Morgan fingerprint density at radius 3 is 2.67 bits per heavy atom. The average molecular weight is 415 g/mol. The van der Waals surface area contributed by atoms with Crippen LogP contribution in [0, 0.1) is 13.8 Å². The first-order valence-electron chi connectivity index (χ1n) is 9.45. The first-order valence-corrected chi connectivity index (χ1v) is 10.3. The molecule has 3 heterocycles. The third kappa shape index (κ3) is 3.33. The Balaban J connectivity index is 1.43. The summed E-state index contributed by atoms with van der Waals surface area (Å²) in [6.45, 7) is 3.93. The second-order valence-electron chi connectivity index (χ2n) is 7.07. The molecule has 0 N–H and O–H groups in total. The summed E-state index contributed by atoms with van der Waals surface area (Å²) >= 11 is 1.45. The Labute approximate surface area is 175 Å². The molecular weight excluding hydrogens is 398 g/mol. The van der Waals surface area contributed by atoms with E-state index in [2.05, 4.69) is 15.1 Å². The normalized spacial score (nSPS) is 11.3. The molecule has 0 aliphatic heterocycles. The molecule has 3 aromatic heterocycles. The van der Waals surface area contributed by atoms with Gasteiger partial charge < -0.3 is 8.94 Å². The summed E-state index contributed by atoms with van der Waals surface area (Å²) in [6.07, 6.45) is 0.404. The molecule has 0 radical (unpaired) electrons. The Bertz CT molecular complexity index is 1430. The zero-order valence-corrected chi connectivity index (χ0v) is 17.2. The third-order valence-corrected chi connectivity index (χ3v) is 5.79. The third-order valence-electron chi connectivity index (χ3n) is 4.94. The molecule has 0 fully saturated rings. The van der Waals surface area contributed by atoms with Crippen LogP contribution in [-0.2, 0) is 6.42 Å². The Hall–Kier alpha value is -3.58. The van der Waals surface area contributed by atoms with Crippen LogP contribution in [0.1, 0.15) is 22.0 Å². The van der Waals surface area contributed by atoms with Crippen LogP contribution in [0.3, 0.4) is 0 Å². The number of hydrogen-bond donors (Lipinski definition) is 0. The second kappa shape index (κ2) is 7.35. The minimum Gasteiger partial charge on any atom is -0.422 e. The maximum atomic E-state index is 12.5. The summed E-state index contributed by atoms with van der Waals surface area (Å²) in [7, 11) is 0. The quantitative estimate of drug-likeness (QED) is 0.377. The number of fused-ring (bicyclic) bond motifs is 1. The molecule has 0 amide bonds. The molecule has 0 bridgehead atoms. The van der Waals surface area contributed by atoms with Gasteiger partial charge in [-0.2, -0.15) is 4.98 Å². The van der Waals surface area contributed by atoms with Crippen molar-refractivity contribution in [3.8, 4) is 22.6 Å². The van der Waals surface area contributed by atoms with Crippen molar-refractivity contribution >= 4 is 22.3 Å². The van der Waals surface area contributed by atoms with Crippen molar-refractivity contribution in [2.45, 2.75) is 20.3 Å². The van der Waals surface area contributed by atoms with Crippen molar-refractivity contribution in [3.63, 3.8) is 0 Å². The van der Waals surface area contributed by atoms with Crippen LogP contribution in [0.4, 0.5) is 0 Å². The monoisotopic (exact) mass is 415 g/mol. The first-order chi connectivity index (χ1) is 14.6. The maximum absolute atomic E-state index is 12.5. The predicted octanol–water partition coefficient (Wildman–Crippen LogP) is 5.17. The van der Waals surface area contributed by atoms with Gasteiger partial charge in [0.05, 0.1) is 17.7 Å². The van der Waals surface area contributed by atoms with Crippen molar-refractivity contribution in [1.29, 1.82) is 0 Å². The number of rotatable bonds is 4. The summed E-state index contributed by atoms with van der Waals surface area (Å²) in [5, 5.41) is 7.60. The van der Waals surface area contributed by atoms with E-state index in [1.165, 1.54) is 11.3 Å². The lowest BCUT2D eigenvalue weighted by Gasteiger charge is -2.02. The van der Waals surface area contributed by atoms with Gasteiger partial charge >= 0.3 is 5.63 Å². The van der Waals surface area contributed by atoms with E-state index in [-0.39, 0.29) is 0 Å². The number of thiazole rings is 1. The topological polar surface area (TPSA) is 82.0 Å². The number of benzene rings is 2. The highest BCUT2D eigenvalue weighted by Gasteiger charge is 2.15. The summed E-state index contributed by atoms with van der Waals surface area (Å²) in [5.41, 5.74) is 4.20. The summed E-state index contributed by atoms with van der Waals surface area (Å²) < 4.78 is 11.0. The second-order valence-corrected chi connectivity index (χ2v) is 8.01. The van der Waals surface area contributed by atoms with Crippen LogP contribution >= 0.6 is 11.3 Å². The van der Waals surface area contributed by atoms with Crippen LogP contribution in [0.5, 0.6) is 0 Å². The highest BCUT2D eigenvalue weighted by atomic mass is 32.1. The minimum atomic E-state index is -0.395. The Kier molecular flexibility index (Phi) is 4.52. The molecule has 2 aromatic carbocycles. The van der Waals surface area contributed by atoms with Gasteiger partial charge in [-0.3, -0.25) is 0 Å². The van der Waals surface area contributed by atoms with Crippen LogP contribution in [0.25, 0.3) is 33.6 Å². The number of hydrogen-bond acceptors (Lipinski definition) is 7. The van der Waals surface area contributed by atoms with Crippen LogP contribution in [-0.4, -0.2) is 15.1 Å². The van der Waals surface area contributed by atoms with E-state index in [9.17, 15) is 4.79 Å². The van der Waals surface area contributed by atoms with Gasteiger partial charge in [-0.25, -0.2) is 9.78 Å². The number of aromatic nitrogens is 3. The highest BCUT2D eigenvalue weighted by molar-refractivity contribution is 7.10. The van der Waals surface area contributed by atoms with Gasteiger partial charge in [-0.15, -0.1) is 11.3 Å². The molecule has 148 valence electrons. The average Bonchev–Trinajstić information content (AvgIpc) is 3.39. The zero-order chi connectivity index (χ0) is 20.7. The van der Waals surface area contributed by atoms with Crippen molar-refractivity contribution < 1.29 is 8.94 Å². The van der Waals surface area contributed by atoms with E-state index in [1.807, 2.05) is 67.8 Å². The van der Waals surface area contributed by atoms with Crippen molar-refractivity contribution in [3.05, 3.63) is 86.4 Å². The van der Waals surface area contributed by atoms with Gasteiger partial charge in [-0.05, 0) is 31.0 Å². The van der Waals surface area contributed by atoms with Crippen molar-refractivity contribution in [2.75, 3.05) is 0 Å². The van der Waals surface area contributed by atoms with Crippen molar-refractivity contribution in [1.82, 2.24) is 15.1 Å². The minimum absolute atomic E-state index is 0.395. The lowest BCUT2D eigenvalue weighted by molar-refractivity contribution is 0.385. The molecule has 0 atom stereocenters. The number of para-hydroxylation sites is 1. The van der Waals surface area contributed by atoms with Gasteiger partial charge in [0.1, 0.15) is 10.6 Å². The van der Waals surface area contributed by atoms with Crippen LogP contribution in [0.2, 0.25) is 0 Å². The summed E-state index contributed by atoms with van der Waals surface area (Å²) in [6, 6.07) is 15.5. The maximum Gasteiger partial charge on any atom is 0.345 e. The molecule has 0 saturated heterocycles. The SMILES string of the molecule is Cc1ccccc1-c1noc(Cc2nc(-c3cc4cccc(C)c4oc3=O)cs2)n1. The molecule has 5 rings (SSSR count). The summed E-state index contributed by atoms with van der Waals surface area (Å²) in [5.74, 6) is 1.04. The summed E-state index contributed by atoms with van der Waals surface area (Å²) in [4.78, 5) is 21.6. The largest absolute Gasteiger partial charge is 0.422 e. The van der Waals surface area contributed by atoms with E-state index in [0.29, 0.717) is 35.0 Å². The van der Waals surface area contributed by atoms with E-state index in [4.69, 9.17) is 8.94 Å². The fraction of sp³-hybridized carbons (Fsp3) is 0.130. The molecule has 0 aliphatic rings. The highest BCUT2D eigenvalue weighted by Crippen LogP contribution is 2.26. The molecule has 30 heavy (non-hydrogen) atoms. The van der Waals surface area contributed by atoms with Gasteiger partial charge in [0.2, 0.25) is 11.7 Å². The number of aryl methyl sites for hydroxylation is 2. The molecule has 0 unspecified atom stereocenters. The lowest BCUT2D eigenvalue weighted by atomic mass is 10.1. The van der Waals surface area contributed by atoms with Crippen LogP contribution in [0.15, 0.2) is 67.6 Å². The lowest BCUT2D eigenvalue weighted by Crippen LogP contribution is -2.03. The van der Waals surface area contributed by atoms with Gasteiger partial charge in [0.25, 0.3) is 0 Å². The zero-order valence-electron chi connectivity index (χ0n) is 16.4. The van der Waals surface area contributed by atoms with Crippen LogP contribution < -0.4 is 5.63 Å². The van der Waals surface area contributed by atoms with Gasteiger partial charge in [0.15, 0.2) is 0 Å². The van der Waals surface area contributed by atoms with E-state index in [1.54, 1.807) is 0 Å². The van der Waals surface area contributed by atoms with E-state index < -0.39 is 5.63 Å². The smallest absolute Gasteiger partial charge is 0.345 e. The standard InChI is InChI=1S/C23H17N3O3S/c1-13-6-3-4-9-16(13)22-25-19(29-26-22)11-20-24-18(12-30-20)17-10-15-8-5-7-14(2)21(15)28-23(17)27/h3-10,12H,11H2,1-2H3. The molecule has 5 aromatic rings. The first kappa shape index (κ1) is 18.4. The molecule has 6 nitrogen and oxygen atoms in total. The fourth-order valence-corrected chi connectivity index (χ4v) is 4.16. The van der Waals surface area contributed by atoms with E-state index >= 15 is 0 Å². The molecule has 0 aliphatic carbocycles. The molecule has 0 spiro atoms. The predicted molar refractivity (Wildman–Crippen MR) is 116 cm³/mol.